The van der Waals surface area contributed by atoms with Gasteiger partial charge in [0.05, 0.1) is 5.41 Å². The maximum absolute atomic E-state index is 2.48. The van der Waals surface area contributed by atoms with Gasteiger partial charge >= 0.3 is 0 Å². The fraction of sp³-hybridized carbons (Fsp3) is 0.312. The molecule has 0 amide bonds. The van der Waals surface area contributed by atoms with Crippen molar-refractivity contribution in [2.75, 3.05) is 0 Å². The van der Waals surface area contributed by atoms with E-state index in [0.29, 0.717) is 0 Å². The third-order valence-corrected chi connectivity index (χ3v) is 6.78. The van der Waals surface area contributed by atoms with Crippen molar-refractivity contribution in [3.05, 3.63) is 128 Å². The van der Waals surface area contributed by atoms with Gasteiger partial charge in [-0.2, -0.15) is 0 Å². The molecule has 0 unspecified atom stereocenters. The minimum Gasteiger partial charge on any atom is -0.0772 e. The molecule has 0 saturated carbocycles. The predicted molar refractivity (Wildman–Crippen MR) is 139 cm³/mol. The molecule has 0 atom stereocenters. The first-order valence-corrected chi connectivity index (χ1v) is 11.9. The highest BCUT2D eigenvalue weighted by Gasteiger charge is 2.42. The summed E-state index contributed by atoms with van der Waals surface area (Å²) in [6.45, 7) is 15.6. The van der Waals surface area contributed by atoms with Gasteiger partial charge in [-0.05, 0) is 82.2 Å². The highest BCUT2D eigenvalue weighted by molar-refractivity contribution is 5.66. The Hall–Kier alpha value is -2.86. The molecule has 3 aromatic carbocycles. The molecular formula is C32H36. The highest BCUT2D eigenvalue weighted by atomic mass is 14.4. The molecule has 0 nitrogen and oxygen atoms in total. The summed E-state index contributed by atoms with van der Waals surface area (Å²) in [6.07, 6.45) is 6.97. The molecule has 0 spiro atoms. The van der Waals surface area contributed by atoms with E-state index in [1.807, 2.05) is 0 Å². The smallest absolute Gasteiger partial charge is 0.0701 e. The topological polar surface area (TPSA) is 0 Å². The summed E-state index contributed by atoms with van der Waals surface area (Å²) in [5, 5.41) is 0. The van der Waals surface area contributed by atoms with Crippen LogP contribution in [0.15, 0.2) is 77.9 Å². The summed E-state index contributed by atoms with van der Waals surface area (Å²) in [6, 6.07) is 21.3. The Bertz CT molecular complexity index is 1050. The van der Waals surface area contributed by atoms with E-state index in [9.17, 15) is 0 Å². The van der Waals surface area contributed by atoms with E-state index in [1.165, 1.54) is 61.2 Å². The molecule has 0 bridgehead atoms. The van der Waals surface area contributed by atoms with Gasteiger partial charge in [-0.1, -0.05) is 107 Å². The van der Waals surface area contributed by atoms with Crippen LogP contribution in [0.25, 0.3) is 0 Å². The zero-order valence-corrected chi connectivity index (χ0v) is 20.8. The van der Waals surface area contributed by atoms with Crippen molar-refractivity contribution in [1.29, 1.82) is 0 Å². The second-order valence-electron chi connectivity index (χ2n) is 9.82. The van der Waals surface area contributed by atoms with Gasteiger partial charge in [0.2, 0.25) is 0 Å². The van der Waals surface area contributed by atoms with Crippen LogP contribution in [0, 0.1) is 41.5 Å². The summed E-state index contributed by atoms with van der Waals surface area (Å²) in [4.78, 5) is 0. The van der Waals surface area contributed by atoms with Crippen LogP contribution in [0.5, 0.6) is 0 Å². The van der Waals surface area contributed by atoms with Crippen LogP contribution < -0.4 is 0 Å². The monoisotopic (exact) mass is 420 g/mol. The van der Waals surface area contributed by atoms with E-state index < -0.39 is 0 Å². The number of rotatable bonds is 5. The summed E-state index contributed by atoms with van der Waals surface area (Å²) in [7, 11) is 0. The van der Waals surface area contributed by atoms with Gasteiger partial charge in [-0.3, -0.25) is 0 Å². The van der Waals surface area contributed by atoms with Crippen molar-refractivity contribution < 1.29 is 0 Å². The van der Waals surface area contributed by atoms with E-state index in [2.05, 4.69) is 115 Å². The average Bonchev–Trinajstić information content (AvgIpc) is 3.15. The van der Waals surface area contributed by atoms with Crippen molar-refractivity contribution in [3.8, 4) is 0 Å². The van der Waals surface area contributed by atoms with Crippen LogP contribution in [0.4, 0.5) is 0 Å². The maximum Gasteiger partial charge on any atom is 0.0701 e. The van der Waals surface area contributed by atoms with Crippen LogP contribution >= 0.6 is 0 Å². The maximum atomic E-state index is 2.48. The largest absolute Gasteiger partial charge is 0.0772 e. The van der Waals surface area contributed by atoms with Crippen molar-refractivity contribution in [1.82, 2.24) is 0 Å². The van der Waals surface area contributed by atoms with E-state index in [4.69, 9.17) is 0 Å². The fourth-order valence-corrected chi connectivity index (χ4v) is 5.83. The summed E-state index contributed by atoms with van der Waals surface area (Å²) < 4.78 is 0. The van der Waals surface area contributed by atoms with Crippen molar-refractivity contribution in [2.24, 2.45) is 0 Å². The minimum absolute atomic E-state index is 0.331. The lowest BCUT2D eigenvalue weighted by Crippen LogP contribution is -2.33. The number of allylic oxidation sites excluding steroid dienone is 4. The lowest BCUT2D eigenvalue weighted by atomic mass is 9.62. The van der Waals surface area contributed by atoms with Crippen LogP contribution in [-0.4, -0.2) is 0 Å². The van der Waals surface area contributed by atoms with Crippen LogP contribution in [0.3, 0.4) is 0 Å². The lowest BCUT2D eigenvalue weighted by Gasteiger charge is -2.40. The molecule has 164 valence electrons. The number of hydrogen-bond donors (Lipinski definition) is 0. The van der Waals surface area contributed by atoms with Crippen molar-refractivity contribution in [3.63, 3.8) is 0 Å². The van der Waals surface area contributed by atoms with Gasteiger partial charge in [0.15, 0.2) is 0 Å². The Labute approximate surface area is 194 Å². The normalized spacial score (nSPS) is 13.8. The first kappa shape index (κ1) is 22.3. The molecule has 0 aliphatic heterocycles. The van der Waals surface area contributed by atoms with Gasteiger partial charge in [-0.25, -0.2) is 0 Å². The number of hydrogen-bond acceptors (Lipinski definition) is 0. The molecule has 3 aromatic rings. The lowest BCUT2D eigenvalue weighted by molar-refractivity contribution is 0.721. The van der Waals surface area contributed by atoms with Gasteiger partial charge in [-0.15, -0.1) is 0 Å². The number of benzene rings is 3. The van der Waals surface area contributed by atoms with E-state index in [-0.39, 0.29) is 5.41 Å². The molecule has 1 aliphatic carbocycles. The molecule has 32 heavy (non-hydrogen) atoms. The summed E-state index contributed by atoms with van der Waals surface area (Å²) >= 11 is 0. The van der Waals surface area contributed by atoms with E-state index in [0.717, 1.165) is 12.8 Å². The minimum atomic E-state index is -0.331. The molecule has 0 heteroatoms. The summed E-state index contributed by atoms with van der Waals surface area (Å²) in [5.41, 5.74) is 14.6. The van der Waals surface area contributed by atoms with Crippen LogP contribution in [-0.2, 0) is 5.41 Å². The van der Waals surface area contributed by atoms with Crippen molar-refractivity contribution >= 4 is 0 Å². The molecule has 0 heterocycles. The van der Waals surface area contributed by atoms with Crippen LogP contribution in [0.2, 0.25) is 0 Å². The van der Waals surface area contributed by atoms with Crippen LogP contribution in [0.1, 0.15) is 69.8 Å². The van der Waals surface area contributed by atoms with Gasteiger partial charge < -0.3 is 0 Å². The van der Waals surface area contributed by atoms with Crippen molar-refractivity contribution in [2.45, 2.75) is 66.7 Å². The first-order valence-electron chi connectivity index (χ1n) is 11.9. The Kier molecular flexibility index (Phi) is 5.99. The van der Waals surface area contributed by atoms with Gasteiger partial charge in [0.1, 0.15) is 0 Å². The third kappa shape index (κ3) is 3.88. The van der Waals surface area contributed by atoms with E-state index in [1.54, 1.807) is 0 Å². The quantitative estimate of drug-likeness (QED) is 0.363. The van der Waals surface area contributed by atoms with E-state index >= 15 is 0 Å². The van der Waals surface area contributed by atoms with Gasteiger partial charge in [0.25, 0.3) is 0 Å². The highest BCUT2D eigenvalue weighted by Crippen LogP contribution is 2.51. The molecule has 0 fully saturated rings. The molecule has 0 aromatic heterocycles. The third-order valence-electron chi connectivity index (χ3n) is 6.78. The average molecular weight is 421 g/mol. The zero-order chi connectivity index (χ0) is 23.0. The molecule has 4 rings (SSSR count). The standard InChI is InChI=1S/C32H36/c1-8-27-10-9-11-31(27)32(28-15-21(2)12-22(3)16-28,29-17-23(4)13-24(5)18-29)30-19-25(6)14-26(7)20-30/h10-20H,8-9H2,1-7H3. The summed E-state index contributed by atoms with van der Waals surface area (Å²) in [5.74, 6) is 0. The second-order valence-corrected chi connectivity index (χ2v) is 9.82. The molecule has 0 radical (unpaired) electrons. The fourth-order valence-electron chi connectivity index (χ4n) is 5.83. The Morgan fingerprint density at radius 3 is 1.19 bits per heavy atom. The Balaban J connectivity index is 2.22. The molecule has 0 saturated heterocycles. The molecule has 1 aliphatic rings. The Morgan fingerprint density at radius 2 is 0.875 bits per heavy atom. The van der Waals surface area contributed by atoms with Gasteiger partial charge in [0, 0.05) is 0 Å². The second kappa shape index (κ2) is 8.58. The molecular weight excluding hydrogens is 384 g/mol. The SMILES string of the molecule is CCC1=CCC=C1C(c1cc(C)cc(C)c1)(c1cc(C)cc(C)c1)c1cc(C)cc(C)c1. The predicted octanol–water partition coefficient (Wildman–Crippen LogP) is 8.54. The number of aryl methyl sites for hydroxylation is 6. The zero-order valence-electron chi connectivity index (χ0n) is 20.8. The molecule has 0 N–H and O–H groups in total. The first-order chi connectivity index (χ1) is 15.2. The Morgan fingerprint density at radius 1 is 0.531 bits per heavy atom.